The van der Waals surface area contributed by atoms with Gasteiger partial charge in [-0.3, -0.25) is 9.48 Å². The fourth-order valence-electron chi connectivity index (χ4n) is 2.07. The molecule has 0 bridgehead atoms. The smallest absolute Gasteiger partial charge is 0.360 e. The van der Waals surface area contributed by atoms with Crippen molar-refractivity contribution in [1.82, 2.24) is 19.6 Å². The first kappa shape index (κ1) is 18.8. The first-order valence-corrected chi connectivity index (χ1v) is 8.30. The minimum absolute atomic E-state index is 0.0258. The molecular weight excluding hydrogens is 396 g/mol. The Bertz CT molecular complexity index is 811. The van der Waals surface area contributed by atoms with Gasteiger partial charge in [-0.15, -0.1) is 0 Å². The Labute approximate surface area is 152 Å². The van der Waals surface area contributed by atoms with Gasteiger partial charge >= 0.3 is 11.9 Å². The summed E-state index contributed by atoms with van der Waals surface area (Å²) < 4.78 is 12.6. The Morgan fingerprint density at radius 2 is 1.80 bits per heavy atom. The van der Waals surface area contributed by atoms with Gasteiger partial charge in [0.25, 0.3) is 0 Å². The molecule has 0 N–H and O–H groups in total. The molecule has 0 radical (unpaired) electrons. The van der Waals surface area contributed by atoms with Crippen LogP contribution in [-0.4, -0.2) is 50.5 Å². The maximum atomic E-state index is 12.4. The van der Waals surface area contributed by atoms with E-state index in [0.717, 1.165) is 4.68 Å². The van der Waals surface area contributed by atoms with Crippen molar-refractivity contribution in [2.45, 2.75) is 20.4 Å². The minimum atomic E-state index is -0.701. The lowest BCUT2D eigenvalue weighted by atomic mass is 10.2. The van der Waals surface area contributed by atoms with Crippen LogP contribution in [0.2, 0.25) is 0 Å². The van der Waals surface area contributed by atoms with Crippen LogP contribution in [0.25, 0.3) is 0 Å². The summed E-state index contributed by atoms with van der Waals surface area (Å²) in [5.74, 6) is -1.71. The van der Waals surface area contributed by atoms with Crippen molar-refractivity contribution in [3.63, 3.8) is 0 Å². The van der Waals surface area contributed by atoms with Gasteiger partial charge in [0.15, 0.2) is 17.2 Å². The summed E-state index contributed by atoms with van der Waals surface area (Å²) in [4.78, 5) is 36.6. The van der Waals surface area contributed by atoms with Crippen LogP contribution in [-0.2, 0) is 23.1 Å². The van der Waals surface area contributed by atoms with E-state index in [1.165, 1.54) is 10.9 Å². The van der Waals surface area contributed by atoms with Gasteiger partial charge in [-0.25, -0.2) is 14.3 Å². The molecule has 0 fully saturated rings. The fraction of sp³-hybridized carbons (Fsp3) is 0.400. The largest absolute Gasteiger partial charge is 0.461 e. The van der Waals surface area contributed by atoms with Crippen LogP contribution >= 0.6 is 15.9 Å². The average Bonchev–Trinajstić information content (AvgIpc) is 3.12. The van der Waals surface area contributed by atoms with Crippen LogP contribution in [0.4, 0.5) is 0 Å². The van der Waals surface area contributed by atoms with Gasteiger partial charge in [0.05, 0.1) is 29.4 Å². The van der Waals surface area contributed by atoms with Gasteiger partial charge in [-0.1, -0.05) is 0 Å². The number of ketones is 1. The summed E-state index contributed by atoms with van der Waals surface area (Å²) in [6.07, 6.45) is 2.97. The molecule has 25 heavy (non-hydrogen) atoms. The first-order valence-electron chi connectivity index (χ1n) is 7.51. The summed E-state index contributed by atoms with van der Waals surface area (Å²) in [6, 6.07) is 0. The van der Waals surface area contributed by atoms with Gasteiger partial charge in [0.1, 0.15) is 6.54 Å². The molecule has 0 aliphatic carbocycles. The number of aromatic nitrogens is 4. The highest BCUT2D eigenvalue weighted by Crippen LogP contribution is 2.24. The molecule has 0 amide bonds. The molecule has 2 aromatic rings. The Morgan fingerprint density at radius 3 is 2.36 bits per heavy atom. The Hall–Kier alpha value is -2.49. The SMILES string of the molecule is CCOC(=O)c1nn(CC(=O)c2cnn(C)c2)c(C(=O)OCC)c1Br. The number of hydrogen-bond acceptors (Lipinski definition) is 7. The van der Waals surface area contributed by atoms with Crippen LogP contribution in [0.3, 0.4) is 0 Å². The summed E-state index contributed by atoms with van der Waals surface area (Å²) in [5, 5.41) is 7.98. The van der Waals surface area contributed by atoms with Crippen molar-refractivity contribution in [1.29, 1.82) is 0 Å². The second kappa shape index (κ2) is 8.06. The maximum absolute atomic E-state index is 12.4. The van der Waals surface area contributed by atoms with Crippen molar-refractivity contribution in [3.05, 3.63) is 33.8 Å². The van der Waals surface area contributed by atoms with E-state index in [2.05, 4.69) is 26.1 Å². The molecule has 134 valence electrons. The third-order valence-electron chi connectivity index (χ3n) is 3.15. The van der Waals surface area contributed by atoms with E-state index >= 15 is 0 Å². The number of halogens is 1. The number of rotatable bonds is 7. The normalized spacial score (nSPS) is 10.6. The number of Topliss-reactive ketones (excluding diaryl/α,β-unsaturated/α-hetero) is 1. The lowest BCUT2D eigenvalue weighted by Gasteiger charge is -2.06. The highest BCUT2D eigenvalue weighted by atomic mass is 79.9. The van der Waals surface area contributed by atoms with Crippen molar-refractivity contribution >= 4 is 33.7 Å². The lowest BCUT2D eigenvalue weighted by molar-refractivity contribution is 0.0505. The quantitative estimate of drug-likeness (QED) is 0.502. The molecule has 2 heterocycles. The van der Waals surface area contributed by atoms with Crippen LogP contribution in [0.15, 0.2) is 16.9 Å². The van der Waals surface area contributed by atoms with Gasteiger partial charge in [0.2, 0.25) is 0 Å². The predicted octanol–water partition coefficient (Wildman–Crippen LogP) is 1.62. The molecule has 0 aliphatic rings. The highest BCUT2D eigenvalue weighted by molar-refractivity contribution is 9.10. The second-order valence-corrected chi connectivity index (χ2v) is 5.73. The zero-order valence-corrected chi connectivity index (χ0v) is 15.6. The van der Waals surface area contributed by atoms with Gasteiger partial charge in [0, 0.05) is 13.2 Å². The lowest BCUT2D eigenvalue weighted by Crippen LogP contribution is -2.18. The summed E-state index contributed by atoms with van der Waals surface area (Å²) in [5.41, 5.74) is 0.243. The summed E-state index contributed by atoms with van der Waals surface area (Å²) in [7, 11) is 1.68. The number of nitrogens with zero attached hydrogens (tertiary/aromatic N) is 4. The Balaban J connectivity index is 2.40. The Morgan fingerprint density at radius 1 is 1.16 bits per heavy atom. The van der Waals surface area contributed by atoms with Crippen molar-refractivity contribution in [2.75, 3.05) is 13.2 Å². The predicted molar refractivity (Wildman–Crippen MR) is 89.4 cm³/mol. The standard InChI is InChI=1S/C15H17BrN4O5/c1-4-24-14(22)12-11(16)13(15(23)25-5-2)20(18-12)8-10(21)9-6-17-19(3)7-9/h6-7H,4-5,8H2,1-3H3. The molecule has 0 unspecified atom stereocenters. The molecule has 9 nitrogen and oxygen atoms in total. The summed E-state index contributed by atoms with van der Waals surface area (Å²) >= 11 is 3.18. The van der Waals surface area contributed by atoms with E-state index in [4.69, 9.17) is 9.47 Å². The van der Waals surface area contributed by atoms with E-state index in [1.54, 1.807) is 27.1 Å². The van der Waals surface area contributed by atoms with Crippen LogP contribution in [0.1, 0.15) is 45.2 Å². The zero-order chi connectivity index (χ0) is 18.6. The van der Waals surface area contributed by atoms with Gasteiger partial charge in [-0.05, 0) is 29.8 Å². The van der Waals surface area contributed by atoms with E-state index in [0.29, 0.717) is 5.56 Å². The monoisotopic (exact) mass is 412 g/mol. The molecule has 0 saturated heterocycles. The van der Waals surface area contributed by atoms with Crippen LogP contribution in [0.5, 0.6) is 0 Å². The fourth-order valence-corrected chi connectivity index (χ4v) is 2.68. The zero-order valence-electron chi connectivity index (χ0n) is 14.0. The molecule has 0 atom stereocenters. The molecule has 0 saturated carbocycles. The highest BCUT2D eigenvalue weighted by Gasteiger charge is 2.28. The molecule has 0 aromatic carbocycles. The number of ether oxygens (including phenoxy) is 2. The molecule has 2 rings (SSSR count). The Kier molecular flexibility index (Phi) is 6.07. The number of hydrogen-bond donors (Lipinski definition) is 0. The molecule has 10 heteroatoms. The van der Waals surface area contributed by atoms with Gasteiger partial charge in [-0.2, -0.15) is 10.2 Å². The van der Waals surface area contributed by atoms with Crippen LogP contribution in [0, 0.1) is 0 Å². The van der Waals surface area contributed by atoms with Crippen molar-refractivity contribution < 1.29 is 23.9 Å². The maximum Gasteiger partial charge on any atom is 0.360 e. The number of carbonyl (C=O) groups is 3. The molecule has 0 spiro atoms. The van der Waals surface area contributed by atoms with E-state index in [1.807, 2.05) is 0 Å². The second-order valence-electron chi connectivity index (χ2n) is 4.94. The third kappa shape index (κ3) is 4.13. The number of aryl methyl sites for hydroxylation is 1. The minimum Gasteiger partial charge on any atom is -0.461 e. The molecule has 2 aromatic heterocycles. The third-order valence-corrected chi connectivity index (χ3v) is 3.90. The van der Waals surface area contributed by atoms with Gasteiger partial charge < -0.3 is 9.47 Å². The topological polar surface area (TPSA) is 105 Å². The number of carbonyl (C=O) groups excluding carboxylic acids is 3. The summed E-state index contributed by atoms with van der Waals surface area (Å²) in [6.45, 7) is 3.35. The molecule has 0 aliphatic heterocycles. The van der Waals surface area contributed by atoms with E-state index in [9.17, 15) is 14.4 Å². The number of esters is 2. The molecular formula is C15H17BrN4O5. The first-order chi connectivity index (χ1) is 11.9. The van der Waals surface area contributed by atoms with Crippen molar-refractivity contribution in [2.24, 2.45) is 7.05 Å². The van der Waals surface area contributed by atoms with Crippen LogP contribution < -0.4 is 0 Å². The van der Waals surface area contributed by atoms with E-state index < -0.39 is 11.9 Å². The average molecular weight is 413 g/mol. The van der Waals surface area contributed by atoms with E-state index in [-0.39, 0.29) is 41.4 Å². The van der Waals surface area contributed by atoms with Crippen molar-refractivity contribution in [3.8, 4) is 0 Å².